The molecule has 0 bridgehead atoms. The predicted molar refractivity (Wildman–Crippen MR) is 119 cm³/mol. The van der Waals surface area contributed by atoms with Crippen molar-refractivity contribution in [2.75, 3.05) is 4.72 Å². The van der Waals surface area contributed by atoms with Gasteiger partial charge in [0, 0.05) is 18.3 Å². The Morgan fingerprint density at radius 1 is 1.03 bits per heavy atom. The van der Waals surface area contributed by atoms with E-state index in [-0.39, 0.29) is 10.6 Å². The number of thiazole rings is 1. The number of rotatable bonds is 4. The van der Waals surface area contributed by atoms with Crippen LogP contribution in [0.3, 0.4) is 0 Å². The first-order chi connectivity index (χ1) is 14.7. The number of hydrogen-bond donors (Lipinski definition) is 1. The summed E-state index contributed by atoms with van der Waals surface area (Å²) in [4.78, 5) is 17.4. The Bertz CT molecular complexity index is 1450. The van der Waals surface area contributed by atoms with Gasteiger partial charge in [-0.25, -0.2) is 12.8 Å². The third-order valence-electron chi connectivity index (χ3n) is 4.73. The fraction of sp³-hybridized carbons (Fsp3) is 0.0909. The van der Waals surface area contributed by atoms with Gasteiger partial charge in [-0.3, -0.25) is 9.52 Å². The van der Waals surface area contributed by atoms with Crippen molar-refractivity contribution in [3.63, 3.8) is 0 Å². The average Bonchev–Trinajstić information content (AvgIpc) is 3.05. The van der Waals surface area contributed by atoms with Gasteiger partial charge in [0.05, 0.1) is 15.1 Å². The van der Waals surface area contributed by atoms with E-state index in [2.05, 4.69) is 9.71 Å². The number of nitrogens with one attached hydrogen (secondary N) is 1. The van der Waals surface area contributed by atoms with Crippen molar-refractivity contribution in [3.8, 4) is 0 Å². The van der Waals surface area contributed by atoms with Gasteiger partial charge < -0.3 is 4.57 Å². The summed E-state index contributed by atoms with van der Waals surface area (Å²) in [6, 6.07) is 16.5. The van der Waals surface area contributed by atoms with Gasteiger partial charge in [0.2, 0.25) is 0 Å². The topological polar surface area (TPSA) is 80.5 Å². The molecule has 3 aromatic carbocycles. The molecule has 0 spiro atoms. The first kappa shape index (κ1) is 21.0. The van der Waals surface area contributed by atoms with Crippen molar-refractivity contribution in [3.05, 3.63) is 88.5 Å². The number of nitrogens with zero attached hydrogens (tertiary/aromatic N) is 2. The van der Waals surface area contributed by atoms with E-state index >= 15 is 0 Å². The summed E-state index contributed by atoms with van der Waals surface area (Å²) in [6.45, 7) is 2.01. The molecule has 0 saturated carbocycles. The molecule has 0 unspecified atom stereocenters. The Labute approximate surface area is 182 Å². The zero-order valence-corrected chi connectivity index (χ0v) is 18.3. The highest BCUT2D eigenvalue weighted by atomic mass is 32.2. The fourth-order valence-electron chi connectivity index (χ4n) is 3.16. The molecule has 0 aliphatic heterocycles. The van der Waals surface area contributed by atoms with E-state index in [0.29, 0.717) is 10.4 Å². The lowest BCUT2D eigenvalue weighted by atomic mass is 10.2. The normalized spacial score (nSPS) is 12.3. The molecule has 0 fully saturated rings. The van der Waals surface area contributed by atoms with Gasteiger partial charge in [0.15, 0.2) is 4.80 Å². The molecule has 0 aliphatic carbocycles. The minimum Gasteiger partial charge on any atom is -0.319 e. The third kappa shape index (κ3) is 4.28. The van der Waals surface area contributed by atoms with E-state index in [9.17, 15) is 17.6 Å². The van der Waals surface area contributed by atoms with E-state index < -0.39 is 21.7 Å². The van der Waals surface area contributed by atoms with Gasteiger partial charge in [-0.2, -0.15) is 4.99 Å². The van der Waals surface area contributed by atoms with E-state index in [1.807, 2.05) is 36.7 Å². The smallest absolute Gasteiger partial charge is 0.279 e. The quantitative estimate of drug-likeness (QED) is 0.500. The highest BCUT2D eigenvalue weighted by molar-refractivity contribution is 7.92. The number of carbonyl (C=O) groups is 1. The number of amides is 1. The molecule has 4 aromatic rings. The number of halogens is 1. The molecule has 1 aromatic heterocycles. The van der Waals surface area contributed by atoms with Gasteiger partial charge >= 0.3 is 0 Å². The SMILES string of the molecule is Cc1cccc2sc(=NC(=O)c3ccc(NS(=O)(=O)c4ccc(F)cc4)cc3)n(C)c12. The summed E-state index contributed by atoms with van der Waals surface area (Å²) in [7, 11) is -2.00. The third-order valence-corrected chi connectivity index (χ3v) is 7.22. The van der Waals surface area contributed by atoms with Crippen molar-refractivity contribution in [2.45, 2.75) is 11.8 Å². The molecule has 1 heterocycles. The summed E-state index contributed by atoms with van der Waals surface area (Å²) < 4.78 is 43.2. The number of fused-ring (bicyclic) bond motifs is 1. The first-order valence-electron chi connectivity index (χ1n) is 9.27. The molecule has 0 radical (unpaired) electrons. The molecule has 31 heavy (non-hydrogen) atoms. The summed E-state index contributed by atoms with van der Waals surface area (Å²) in [5, 5.41) is 0. The first-order valence-corrected chi connectivity index (χ1v) is 11.6. The summed E-state index contributed by atoms with van der Waals surface area (Å²) in [6.07, 6.45) is 0. The van der Waals surface area contributed by atoms with Gasteiger partial charge in [-0.1, -0.05) is 23.5 Å². The zero-order chi connectivity index (χ0) is 22.2. The van der Waals surface area contributed by atoms with Crippen LogP contribution < -0.4 is 9.52 Å². The van der Waals surface area contributed by atoms with E-state index in [4.69, 9.17) is 0 Å². The van der Waals surface area contributed by atoms with Gasteiger partial charge in [0.25, 0.3) is 15.9 Å². The van der Waals surface area contributed by atoms with Crippen LogP contribution in [0.5, 0.6) is 0 Å². The number of sulfonamides is 1. The molecular formula is C22H18FN3O3S2. The number of benzene rings is 3. The highest BCUT2D eigenvalue weighted by Gasteiger charge is 2.15. The fourth-order valence-corrected chi connectivity index (χ4v) is 5.32. The minimum absolute atomic E-state index is 0.0587. The van der Waals surface area contributed by atoms with Crippen LogP contribution in [0, 0.1) is 12.7 Å². The summed E-state index contributed by atoms with van der Waals surface area (Å²) >= 11 is 1.43. The molecule has 0 aliphatic rings. The lowest BCUT2D eigenvalue weighted by Gasteiger charge is -2.08. The van der Waals surface area contributed by atoms with Gasteiger partial charge in [-0.05, 0) is 67.1 Å². The average molecular weight is 456 g/mol. The number of aryl methyl sites for hydroxylation is 2. The molecule has 158 valence electrons. The van der Waals surface area contributed by atoms with Crippen molar-refractivity contribution < 1.29 is 17.6 Å². The lowest BCUT2D eigenvalue weighted by Crippen LogP contribution is -2.14. The Hall–Kier alpha value is -3.30. The second-order valence-electron chi connectivity index (χ2n) is 6.92. The van der Waals surface area contributed by atoms with E-state index in [1.54, 1.807) is 0 Å². The number of aromatic nitrogens is 1. The molecule has 4 rings (SSSR count). The lowest BCUT2D eigenvalue weighted by molar-refractivity contribution is 0.0998. The minimum atomic E-state index is -3.86. The highest BCUT2D eigenvalue weighted by Crippen LogP contribution is 2.20. The molecule has 0 atom stereocenters. The summed E-state index contributed by atoms with van der Waals surface area (Å²) in [5.41, 5.74) is 2.75. The van der Waals surface area contributed by atoms with Crippen LogP contribution in [-0.2, 0) is 17.1 Å². The van der Waals surface area contributed by atoms with Crippen LogP contribution in [0.2, 0.25) is 0 Å². The Kier molecular flexibility index (Phi) is 5.47. The second kappa shape index (κ2) is 8.09. The largest absolute Gasteiger partial charge is 0.319 e. The second-order valence-corrected chi connectivity index (χ2v) is 9.61. The van der Waals surface area contributed by atoms with Crippen LogP contribution in [0.4, 0.5) is 10.1 Å². The van der Waals surface area contributed by atoms with Crippen LogP contribution in [0.15, 0.2) is 76.6 Å². The Balaban J connectivity index is 1.58. The standard InChI is InChI=1S/C22H18FN3O3S2/c1-14-4-3-5-19-20(14)26(2)22(30-19)24-21(27)15-6-10-17(11-7-15)25-31(28,29)18-12-8-16(23)9-13-18/h3-13,25H,1-2H3. The maximum atomic E-state index is 13.0. The molecular weight excluding hydrogens is 437 g/mol. The Morgan fingerprint density at radius 3 is 2.35 bits per heavy atom. The predicted octanol–water partition coefficient (Wildman–Crippen LogP) is 4.23. The van der Waals surface area contributed by atoms with Gasteiger partial charge in [0.1, 0.15) is 5.82 Å². The van der Waals surface area contributed by atoms with Crippen LogP contribution in [0.1, 0.15) is 15.9 Å². The number of hydrogen-bond acceptors (Lipinski definition) is 4. The van der Waals surface area contributed by atoms with Crippen LogP contribution >= 0.6 is 11.3 Å². The zero-order valence-electron chi connectivity index (χ0n) is 16.7. The van der Waals surface area contributed by atoms with Crippen molar-refractivity contribution >= 4 is 43.2 Å². The maximum absolute atomic E-state index is 13.0. The Morgan fingerprint density at radius 2 is 1.71 bits per heavy atom. The molecule has 9 heteroatoms. The van der Waals surface area contributed by atoms with Crippen LogP contribution in [-0.4, -0.2) is 18.9 Å². The number of para-hydroxylation sites is 1. The number of anilines is 1. The van der Waals surface area contributed by atoms with E-state index in [0.717, 1.165) is 27.9 Å². The van der Waals surface area contributed by atoms with Crippen molar-refractivity contribution in [1.82, 2.24) is 4.57 Å². The van der Waals surface area contributed by atoms with E-state index in [1.165, 1.54) is 47.7 Å². The molecule has 0 saturated heterocycles. The van der Waals surface area contributed by atoms with Crippen molar-refractivity contribution in [1.29, 1.82) is 0 Å². The molecule has 1 amide bonds. The molecule has 6 nitrogen and oxygen atoms in total. The van der Waals surface area contributed by atoms with Crippen LogP contribution in [0.25, 0.3) is 10.2 Å². The van der Waals surface area contributed by atoms with Gasteiger partial charge in [-0.15, -0.1) is 0 Å². The molecule has 1 N–H and O–H groups in total. The summed E-state index contributed by atoms with van der Waals surface area (Å²) in [5.74, 6) is -0.944. The number of carbonyl (C=O) groups excluding carboxylic acids is 1. The van der Waals surface area contributed by atoms with Crippen molar-refractivity contribution in [2.24, 2.45) is 12.0 Å². The maximum Gasteiger partial charge on any atom is 0.279 e. The monoisotopic (exact) mass is 455 g/mol.